The van der Waals surface area contributed by atoms with Gasteiger partial charge in [0, 0.05) is 41.8 Å². The first-order valence-corrected chi connectivity index (χ1v) is 18.6. The number of hydrogen-bond acceptors (Lipinski definition) is 8. The van der Waals surface area contributed by atoms with Crippen LogP contribution in [0.25, 0.3) is 43.5 Å². The summed E-state index contributed by atoms with van der Waals surface area (Å²) < 4.78 is 5.86. The third kappa shape index (κ3) is 4.94. The molecule has 0 N–H and O–H groups in total. The van der Waals surface area contributed by atoms with Gasteiger partial charge in [-0.15, -0.1) is 22.7 Å². The number of rotatable bonds is 5. The number of benzene rings is 5. The molecule has 0 unspecified atom stereocenters. The Kier molecular flexibility index (Phi) is 7.02. The van der Waals surface area contributed by atoms with Crippen molar-refractivity contribution < 1.29 is 28.7 Å². The fourth-order valence-electron chi connectivity index (χ4n) is 7.57. The maximum absolute atomic E-state index is 13.9. The average molecular weight is 725 g/mol. The summed E-state index contributed by atoms with van der Waals surface area (Å²) in [6.07, 6.45) is 3.25. The Morgan fingerprint density at radius 3 is 1.30 bits per heavy atom. The van der Waals surface area contributed by atoms with Gasteiger partial charge in [0.15, 0.2) is 23.1 Å². The molecule has 53 heavy (non-hydrogen) atoms. The second-order valence-electron chi connectivity index (χ2n) is 13.3. The highest BCUT2D eigenvalue weighted by Crippen LogP contribution is 2.54. The van der Waals surface area contributed by atoms with Gasteiger partial charge in [0.1, 0.15) is 12.5 Å². The minimum absolute atomic E-state index is 0.0840. The number of allylic oxidation sites excluding steroid dienone is 2. The van der Waals surface area contributed by atoms with Crippen molar-refractivity contribution in [3.63, 3.8) is 0 Å². The molecule has 0 atom stereocenters. The molecule has 3 aliphatic rings. The second kappa shape index (κ2) is 11.8. The lowest BCUT2D eigenvalue weighted by molar-refractivity contribution is -0.145. The van der Waals surface area contributed by atoms with Crippen LogP contribution in [0.4, 0.5) is 0 Å². The summed E-state index contributed by atoms with van der Waals surface area (Å²) in [6, 6.07) is 35.5. The maximum Gasteiger partial charge on any atom is 0.318 e. The highest BCUT2D eigenvalue weighted by atomic mass is 32.1. The van der Waals surface area contributed by atoms with Crippen molar-refractivity contribution >= 4 is 85.5 Å². The molecular weight excluding hydrogens is 701 g/mol. The monoisotopic (exact) mass is 724 g/mol. The zero-order valence-corrected chi connectivity index (χ0v) is 29.3. The molecule has 0 bridgehead atoms. The lowest BCUT2D eigenvalue weighted by atomic mass is 9.98. The molecule has 0 aliphatic heterocycles. The van der Waals surface area contributed by atoms with E-state index in [1.54, 1.807) is 36.4 Å². The zero-order chi connectivity index (χ0) is 36.0. The van der Waals surface area contributed by atoms with Crippen LogP contribution in [0.5, 0.6) is 0 Å². The Morgan fingerprint density at radius 2 is 0.906 bits per heavy atom. The summed E-state index contributed by atoms with van der Waals surface area (Å²) in [6.45, 7) is 0.0914. The summed E-state index contributed by atoms with van der Waals surface area (Å²) in [7, 11) is 0. The summed E-state index contributed by atoms with van der Waals surface area (Å²) in [4.78, 5) is 71.2. The number of esters is 1. The predicted octanol–water partition coefficient (Wildman–Crippen LogP) is 9.90. The average Bonchev–Trinajstić information content (AvgIpc) is 3.95. The topological polar surface area (TPSA) is 94.6 Å². The molecule has 0 fully saturated rings. The van der Waals surface area contributed by atoms with E-state index in [2.05, 4.69) is 0 Å². The van der Waals surface area contributed by atoms with Crippen LogP contribution in [0.15, 0.2) is 126 Å². The Balaban J connectivity index is 1.03. The minimum atomic E-state index is -0.773. The van der Waals surface area contributed by atoms with E-state index in [-0.39, 0.29) is 40.9 Å². The van der Waals surface area contributed by atoms with Crippen molar-refractivity contribution in [1.29, 1.82) is 0 Å². The lowest BCUT2D eigenvalue weighted by Gasteiger charge is -2.12. The highest BCUT2D eigenvalue weighted by Gasteiger charge is 2.40. The van der Waals surface area contributed by atoms with Gasteiger partial charge in [0.2, 0.25) is 0 Å². The quantitative estimate of drug-likeness (QED) is 0.0997. The van der Waals surface area contributed by atoms with E-state index in [1.807, 2.05) is 91.0 Å². The van der Waals surface area contributed by atoms with Crippen LogP contribution >= 0.6 is 22.7 Å². The fourth-order valence-corrected chi connectivity index (χ4v) is 10.0. The Labute approximate surface area is 310 Å². The molecule has 6 nitrogen and oxygen atoms in total. The Morgan fingerprint density at radius 1 is 0.528 bits per heavy atom. The molecule has 0 saturated carbocycles. The van der Waals surface area contributed by atoms with Crippen molar-refractivity contribution in [2.45, 2.75) is 12.5 Å². The van der Waals surface area contributed by atoms with Crippen molar-refractivity contribution in [3.8, 4) is 9.75 Å². The summed E-state index contributed by atoms with van der Waals surface area (Å²) in [5, 5.41) is 3.54. The predicted molar refractivity (Wildman–Crippen MR) is 207 cm³/mol. The number of Topliss-reactive ketones (excluding diaryl/α,β-unsaturated/α-hetero) is 4. The van der Waals surface area contributed by atoms with Crippen molar-refractivity contribution in [3.05, 3.63) is 175 Å². The van der Waals surface area contributed by atoms with Gasteiger partial charge in [-0.1, -0.05) is 78.9 Å². The molecule has 2 aromatic heterocycles. The van der Waals surface area contributed by atoms with Crippen LogP contribution in [-0.2, 0) is 16.1 Å². The van der Waals surface area contributed by atoms with E-state index in [4.69, 9.17) is 4.74 Å². The zero-order valence-electron chi connectivity index (χ0n) is 27.7. The SMILES string of the molecule is O=C1C(=Cc2cc3c(s2)-c2sc(C=C4C(=O)c5cc6ccccc6cc5C4=O)cc2C3C(=O)OCc2ccccc2)C(=O)c2cc3ccccc3cc21. The number of carbonyl (C=O) groups is 5. The van der Waals surface area contributed by atoms with Crippen LogP contribution in [0.1, 0.15) is 73.8 Å². The molecule has 8 heteroatoms. The third-order valence-electron chi connectivity index (χ3n) is 10.1. The van der Waals surface area contributed by atoms with Crippen molar-refractivity contribution in [2.75, 3.05) is 0 Å². The van der Waals surface area contributed by atoms with Crippen molar-refractivity contribution in [2.24, 2.45) is 0 Å². The van der Waals surface area contributed by atoms with Crippen LogP contribution < -0.4 is 0 Å². The first-order valence-electron chi connectivity index (χ1n) is 17.0. The van der Waals surface area contributed by atoms with Crippen LogP contribution in [0.2, 0.25) is 0 Å². The highest BCUT2D eigenvalue weighted by molar-refractivity contribution is 7.23. The Hall–Kier alpha value is -6.35. The summed E-state index contributed by atoms with van der Waals surface area (Å²) in [5.74, 6) is -2.52. The standard InChI is InChI=1S/C45H24O6S2/c46-39-30-14-24-10-4-5-11-25(24)15-31(30)40(47)36(39)20-28-18-34-38(45(50)51-22-23-8-2-1-3-9-23)35-19-29(53-44(35)43(34)52-28)21-37-41(48)32-16-26-12-6-7-13-27(26)17-33(32)42(37)49/h1-21,38H,22H2. The maximum atomic E-state index is 13.9. The molecule has 0 radical (unpaired) electrons. The van der Waals surface area contributed by atoms with Gasteiger partial charge >= 0.3 is 5.97 Å². The van der Waals surface area contributed by atoms with Crippen molar-refractivity contribution in [1.82, 2.24) is 0 Å². The second-order valence-corrected chi connectivity index (χ2v) is 15.5. The van der Waals surface area contributed by atoms with E-state index >= 15 is 0 Å². The van der Waals surface area contributed by atoms with Gasteiger partial charge in [-0.25, -0.2) is 0 Å². The van der Waals surface area contributed by atoms with E-state index in [0.717, 1.165) is 48.0 Å². The van der Waals surface area contributed by atoms with E-state index in [9.17, 15) is 24.0 Å². The number of thiophene rings is 2. The summed E-state index contributed by atoms with van der Waals surface area (Å²) in [5.41, 5.74) is 4.02. The molecular formula is C45H24O6S2. The molecule has 2 heterocycles. The molecule has 0 amide bonds. The summed E-state index contributed by atoms with van der Waals surface area (Å²) >= 11 is 2.78. The number of carbonyl (C=O) groups excluding carboxylic acids is 5. The fraction of sp³-hybridized carbons (Fsp3) is 0.0444. The van der Waals surface area contributed by atoms with Gasteiger partial charge in [-0.2, -0.15) is 0 Å². The van der Waals surface area contributed by atoms with Crippen LogP contribution in [0, 0.1) is 0 Å². The molecule has 5 aromatic carbocycles. The molecule has 252 valence electrons. The molecule has 10 rings (SSSR count). The van der Waals surface area contributed by atoms with Crippen LogP contribution in [0.3, 0.4) is 0 Å². The van der Waals surface area contributed by atoms with Gasteiger partial charge in [-0.05, 0) is 86.8 Å². The molecule has 3 aliphatic carbocycles. The smallest absolute Gasteiger partial charge is 0.318 e. The number of ketones is 4. The lowest BCUT2D eigenvalue weighted by Crippen LogP contribution is -2.14. The van der Waals surface area contributed by atoms with E-state index in [1.165, 1.54) is 22.7 Å². The molecule has 0 saturated heterocycles. The number of fused-ring (bicyclic) bond motifs is 7. The van der Waals surface area contributed by atoms with E-state index in [0.29, 0.717) is 32.0 Å². The largest absolute Gasteiger partial charge is 0.460 e. The number of hydrogen-bond donors (Lipinski definition) is 0. The van der Waals surface area contributed by atoms with Gasteiger partial charge in [-0.3, -0.25) is 24.0 Å². The van der Waals surface area contributed by atoms with Gasteiger partial charge in [0.25, 0.3) is 0 Å². The number of ether oxygens (including phenoxy) is 1. The first-order chi connectivity index (χ1) is 25.8. The first kappa shape index (κ1) is 31.4. The van der Waals surface area contributed by atoms with E-state index < -0.39 is 11.9 Å². The van der Waals surface area contributed by atoms with Crippen LogP contribution in [-0.4, -0.2) is 29.1 Å². The van der Waals surface area contributed by atoms with Gasteiger partial charge in [0.05, 0.1) is 11.1 Å². The molecule has 7 aromatic rings. The normalized spacial score (nSPS) is 14.6. The minimum Gasteiger partial charge on any atom is -0.460 e. The Bertz CT molecular complexity index is 2600. The molecule has 0 spiro atoms. The van der Waals surface area contributed by atoms with Gasteiger partial charge < -0.3 is 4.74 Å². The third-order valence-corrected chi connectivity index (χ3v) is 12.5.